The van der Waals surface area contributed by atoms with Gasteiger partial charge in [-0.3, -0.25) is 4.79 Å². The van der Waals surface area contributed by atoms with Crippen LogP contribution < -0.4 is 0 Å². The van der Waals surface area contributed by atoms with Crippen LogP contribution in [-0.2, 0) is 11.2 Å². The van der Waals surface area contributed by atoms with Gasteiger partial charge in [0.1, 0.15) is 0 Å². The lowest BCUT2D eigenvalue weighted by Crippen LogP contribution is -2.05. The summed E-state index contributed by atoms with van der Waals surface area (Å²) in [6, 6.07) is 1.72. The van der Waals surface area contributed by atoms with Gasteiger partial charge in [0.15, 0.2) is 0 Å². The maximum Gasteiger partial charge on any atom is 0.307 e. The van der Waals surface area contributed by atoms with E-state index in [0.717, 1.165) is 5.69 Å². The van der Waals surface area contributed by atoms with Crippen LogP contribution >= 0.6 is 0 Å². The Kier molecular flexibility index (Phi) is 2.86. The Bertz CT molecular complexity index is 548. The first kappa shape index (κ1) is 11.3. The fourth-order valence-electron chi connectivity index (χ4n) is 1.68. The zero-order valence-electron chi connectivity index (χ0n) is 9.58. The molecule has 0 radical (unpaired) electrons. The number of aryl methyl sites for hydroxylation is 1. The van der Waals surface area contributed by atoms with Crippen molar-refractivity contribution in [2.24, 2.45) is 0 Å². The van der Waals surface area contributed by atoms with E-state index in [9.17, 15) is 4.79 Å². The highest BCUT2D eigenvalue weighted by molar-refractivity contribution is 5.71. The molecule has 0 bridgehead atoms. The molecular formula is C11H12N4O2. The normalized spacial score (nSPS) is 10.5. The number of carboxylic acids is 1. The third-order valence-electron chi connectivity index (χ3n) is 2.51. The third kappa shape index (κ3) is 2.15. The second kappa shape index (κ2) is 4.32. The molecule has 0 amide bonds. The number of carboxylic acid groups (broad SMARTS) is 1. The Morgan fingerprint density at radius 1 is 1.35 bits per heavy atom. The minimum Gasteiger partial charge on any atom is -0.481 e. The topological polar surface area (TPSA) is 80.9 Å². The fraction of sp³-hybridized carbons (Fsp3) is 0.273. The Labute approximate surface area is 98.0 Å². The smallest absolute Gasteiger partial charge is 0.307 e. The molecule has 0 saturated carbocycles. The van der Waals surface area contributed by atoms with Crippen LogP contribution in [0.15, 0.2) is 18.5 Å². The molecule has 2 heterocycles. The molecule has 0 aromatic carbocycles. The lowest BCUT2D eigenvalue weighted by molar-refractivity contribution is -0.136. The third-order valence-corrected chi connectivity index (χ3v) is 2.51. The van der Waals surface area contributed by atoms with E-state index in [1.807, 2.05) is 6.92 Å². The Morgan fingerprint density at radius 3 is 2.59 bits per heavy atom. The van der Waals surface area contributed by atoms with Crippen LogP contribution in [0.4, 0.5) is 0 Å². The zero-order valence-corrected chi connectivity index (χ0v) is 9.58. The molecule has 88 valence electrons. The standard InChI is InChI=1S/C11H12N4O2/c1-7-9(6-10(16)17)8(2)15(14-7)11-12-4-3-5-13-11/h3-5H,6H2,1-2H3,(H,16,17). The number of carbonyl (C=O) groups is 1. The van der Waals surface area contributed by atoms with Crippen molar-refractivity contribution in [1.82, 2.24) is 19.7 Å². The molecule has 0 aliphatic heterocycles. The molecule has 6 heteroatoms. The van der Waals surface area contributed by atoms with Gasteiger partial charge >= 0.3 is 5.97 Å². The van der Waals surface area contributed by atoms with Crippen LogP contribution in [0, 0.1) is 13.8 Å². The first-order chi connectivity index (χ1) is 8.09. The fourth-order valence-corrected chi connectivity index (χ4v) is 1.68. The number of aromatic nitrogens is 4. The molecule has 2 aromatic heterocycles. The van der Waals surface area contributed by atoms with Crippen molar-refractivity contribution in [3.63, 3.8) is 0 Å². The lowest BCUT2D eigenvalue weighted by atomic mass is 10.1. The highest BCUT2D eigenvalue weighted by Crippen LogP contribution is 2.15. The van der Waals surface area contributed by atoms with Crippen LogP contribution in [0.25, 0.3) is 5.95 Å². The minimum atomic E-state index is -0.871. The van der Waals surface area contributed by atoms with Gasteiger partial charge in [0.2, 0.25) is 0 Å². The predicted octanol–water partition coefficient (Wildman–Crippen LogP) is 0.906. The maximum atomic E-state index is 10.8. The number of rotatable bonds is 3. The van der Waals surface area contributed by atoms with E-state index in [1.54, 1.807) is 30.1 Å². The second-order valence-electron chi connectivity index (χ2n) is 3.68. The summed E-state index contributed by atoms with van der Waals surface area (Å²) in [7, 11) is 0. The van der Waals surface area contributed by atoms with Crippen molar-refractivity contribution >= 4 is 5.97 Å². The Morgan fingerprint density at radius 2 is 2.00 bits per heavy atom. The van der Waals surface area contributed by atoms with E-state index in [2.05, 4.69) is 15.1 Å². The van der Waals surface area contributed by atoms with Crippen LogP contribution in [-0.4, -0.2) is 30.8 Å². The van der Waals surface area contributed by atoms with Crippen molar-refractivity contribution in [2.45, 2.75) is 20.3 Å². The highest BCUT2D eigenvalue weighted by Gasteiger charge is 2.16. The number of hydrogen-bond acceptors (Lipinski definition) is 4. The molecular weight excluding hydrogens is 220 g/mol. The summed E-state index contributed by atoms with van der Waals surface area (Å²) in [5.41, 5.74) is 2.17. The van der Waals surface area contributed by atoms with E-state index < -0.39 is 5.97 Å². The van der Waals surface area contributed by atoms with Gasteiger partial charge in [0, 0.05) is 23.7 Å². The van der Waals surface area contributed by atoms with Gasteiger partial charge in [0.25, 0.3) is 5.95 Å². The summed E-state index contributed by atoms with van der Waals surface area (Å²) in [6.45, 7) is 3.60. The molecule has 17 heavy (non-hydrogen) atoms. The summed E-state index contributed by atoms with van der Waals surface area (Å²) in [6.07, 6.45) is 3.20. The van der Waals surface area contributed by atoms with Crippen molar-refractivity contribution in [2.75, 3.05) is 0 Å². The van der Waals surface area contributed by atoms with Crippen molar-refractivity contribution in [1.29, 1.82) is 0 Å². The largest absolute Gasteiger partial charge is 0.481 e. The van der Waals surface area contributed by atoms with E-state index in [4.69, 9.17) is 5.11 Å². The maximum absolute atomic E-state index is 10.8. The van der Waals surface area contributed by atoms with Gasteiger partial charge in [-0.2, -0.15) is 5.10 Å². The average molecular weight is 232 g/mol. The monoisotopic (exact) mass is 232 g/mol. The SMILES string of the molecule is Cc1nn(-c2ncccn2)c(C)c1CC(=O)O. The van der Waals surface area contributed by atoms with Crippen LogP contribution in [0.1, 0.15) is 17.0 Å². The van der Waals surface area contributed by atoms with Crippen molar-refractivity contribution < 1.29 is 9.90 Å². The Balaban J connectivity index is 2.48. The quantitative estimate of drug-likeness (QED) is 0.850. The van der Waals surface area contributed by atoms with Gasteiger partial charge in [-0.25, -0.2) is 14.6 Å². The van der Waals surface area contributed by atoms with Crippen LogP contribution in [0.5, 0.6) is 0 Å². The number of aliphatic carboxylic acids is 1. The molecule has 0 atom stereocenters. The second-order valence-corrected chi connectivity index (χ2v) is 3.68. The molecule has 6 nitrogen and oxygen atoms in total. The molecule has 0 spiro atoms. The first-order valence-electron chi connectivity index (χ1n) is 5.14. The number of hydrogen-bond donors (Lipinski definition) is 1. The van der Waals surface area contributed by atoms with E-state index >= 15 is 0 Å². The van der Waals surface area contributed by atoms with Crippen LogP contribution in [0.3, 0.4) is 0 Å². The molecule has 1 N–H and O–H groups in total. The molecule has 2 aromatic rings. The summed E-state index contributed by atoms with van der Waals surface area (Å²) in [4.78, 5) is 18.9. The zero-order chi connectivity index (χ0) is 12.4. The molecule has 2 rings (SSSR count). The van der Waals surface area contributed by atoms with Gasteiger partial charge in [-0.15, -0.1) is 0 Å². The van der Waals surface area contributed by atoms with Gasteiger partial charge < -0.3 is 5.11 Å². The molecule has 0 saturated heterocycles. The predicted molar refractivity (Wildman–Crippen MR) is 60.0 cm³/mol. The Hall–Kier alpha value is -2.24. The van der Waals surface area contributed by atoms with Gasteiger partial charge in [0.05, 0.1) is 12.1 Å². The molecule has 0 fully saturated rings. The van der Waals surface area contributed by atoms with Gasteiger partial charge in [-0.1, -0.05) is 0 Å². The van der Waals surface area contributed by atoms with Crippen LogP contribution in [0.2, 0.25) is 0 Å². The van der Waals surface area contributed by atoms with Crippen molar-refractivity contribution in [3.8, 4) is 5.95 Å². The van der Waals surface area contributed by atoms with E-state index in [0.29, 0.717) is 17.2 Å². The summed E-state index contributed by atoms with van der Waals surface area (Å²) in [5.74, 6) is -0.422. The minimum absolute atomic E-state index is 0.0372. The molecule has 0 aliphatic carbocycles. The summed E-state index contributed by atoms with van der Waals surface area (Å²) < 4.78 is 1.56. The summed E-state index contributed by atoms with van der Waals surface area (Å²) >= 11 is 0. The number of nitrogens with zero attached hydrogens (tertiary/aromatic N) is 4. The van der Waals surface area contributed by atoms with E-state index in [-0.39, 0.29) is 6.42 Å². The van der Waals surface area contributed by atoms with Crippen molar-refractivity contribution in [3.05, 3.63) is 35.4 Å². The lowest BCUT2D eigenvalue weighted by Gasteiger charge is -2.01. The average Bonchev–Trinajstić information content (AvgIpc) is 2.58. The molecule has 0 unspecified atom stereocenters. The highest BCUT2D eigenvalue weighted by atomic mass is 16.4. The van der Waals surface area contributed by atoms with E-state index in [1.165, 1.54) is 0 Å². The summed E-state index contributed by atoms with van der Waals surface area (Å²) in [5, 5.41) is 13.1. The van der Waals surface area contributed by atoms with Gasteiger partial charge in [-0.05, 0) is 19.9 Å². The molecule has 0 aliphatic rings. The first-order valence-corrected chi connectivity index (χ1v) is 5.14.